The minimum absolute atomic E-state index is 0.00983. The van der Waals surface area contributed by atoms with Crippen LogP contribution in [0.4, 0.5) is 24.7 Å². The minimum atomic E-state index is -4.56. The third kappa shape index (κ3) is 4.07. The molecule has 1 aliphatic rings. The monoisotopic (exact) mass is 445 g/mol. The van der Waals surface area contributed by atoms with Crippen LogP contribution >= 0.6 is 0 Å². The van der Waals surface area contributed by atoms with Gasteiger partial charge in [-0.3, -0.25) is 0 Å². The Labute approximate surface area is 172 Å². The van der Waals surface area contributed by atoms with Crippen molar-refractivity contribution in [1.29, 1.82) is 0 Å². The molecule has 164 valence electrons. The number of nitrogens with zero attached hydrogens (tertiary/aromatic N) is 4. The number of aromatic nitrogens is 2. The van der Waals surface area contributed by atoms with Gasteiger partial charge in [0.05, 0.1) is 0 Å². The normalized spacial score (nSPS) is 18.2. The number of nitrogens with two attached hydrogens (primary N) is 1. The Balaban J connectivity index is 1.70. The summed E-state index contributed by atoms with van der Waals surface area (Å²) >= 11 is 0. The molecule has 1 fully saturated rings. The molecule has 0 radical (unpaired) electrons. The van der Waals surface area contributed by atoms with Gasteiger partial charge in [0.25, 0.3) is 10.0 Å². The largest absolute Gasteiger partial charge is 0.421 e. The molecule has 30 heavy (non-hydrogen) atoms. The molecule has 0 spiro atoms. The Morgan fingerprint density at radius 1 is 1.00 bits per heavy atom. The average Bonchev–Trinajstić information content (AvgIpc) is 2.73. The highest BCUT2D eigenvalue weighted by molar-refractivity contribution is 7.89. The second-order valence-electron chi connectivity index (χ2n) is 6.97. The summed E-state index contributed by atoms with van der Waals surface area (Å²) in [6.07, 6.45) is -4.56. The van der Waals surface area contributed by atoms with Gasteiger partial charge in [-0.15, -0.1) is 10.2 Å². The molecule has 1 aliphatic heterocycles. The highest BCUT2D eigenvalue weighted by atomic mass is 32.2. The Hall–Kier alpha value is -2.44. The number of halogens is 3. The van der Waals surface area contributed by atoms with Crippen LogP contribution in [0, 0.1) is 0 Å². The van der Waals surface area contributed by atoms with E-state index in [1.54, 1.807) is 12.1 Å². The van der Waals surface area contributed by atoms with Crippen molar-refractivity contribution >= 4 is 21.5 Å². The lowest BCUT2D eigenvalue weighted by molar-refractivity contribution is -0.269. The van der Waals surface area contributed by atoms with E-state index in [0.717, 1.165) is 14.0 Å². The number of nitrogen functional groups attached to an aromatic ring is 1. The van der Waals surface area contributed by atoms with Crippen molar-refractivity contribution < 1.29 is 26.3 Å². The molecule has 2 aromatic rings. The van der Waals surface area contributed by atoms with E-state index in [0.29, 0.717) is 18.8 Å². The zero-order chi connectivity index (χ0) is 22.2. The summed E-state index contributed by atoms with van der Waals surface area (Å²) < 4.78 is 71.4. The van der Waals surface area contributed by atoms with E-state index < -0.39 is 21.8 Å². The van der Waals surface area contributed by atoms with Gasteiger partial charge in [0.1, 0.15) is 5.82 Å². The average molecular weight is 445 g/mol. The van der Waals surface area contributed by atoms with E-state index >= 15 is 0 Å². The fourth-order valence-electron chi connectivity index (χ4n) is 3.17. The number of methoxy groups -OCH3 is 1. The summed E-state index contributed by atoms with van der Waals surface area (Å²) in [6, 6.07) is 8.57. The van der Waals surface area contributed by atoms with E-state index in [-0.39, 0.29) is 29.5 Å². The van der Waals surface area contributed by atoms with Gasteiger partial charge in [-0.2, -0.15) is 17.5 Å². The maximum atomic E-state index is 13.3. The Morgan fingerprint density at radius 2 is 1.60 bits per heavy atom. The van der Waals surface area contributed by atoms with Gasteiger partial charge in [0.2, 0.25) is 0 Å². The number of rotatable bonds is 5. The van der Waals surface area contributed by atoms with Crippen LogP contribution in [0.15, 0.2) is 41.4 Å². The topological polar surface area (TPSA) is 102 Å². The number of benzene rings is 1. The van der Waals surface area contributed by atoms with Crippen molar-refractivity contribution in [2.75, 3.05) is 43.9 Å². The molecular formula is C18H22F3N5O3S. The third-order valence-electron chi connectivity index (χ3n) is 5.24. The first-order valence-corrected chi connectivity index (χ1v) is 10.5. The summed E-state index contributed by atoms with van der Waals surface area (Å²) in [5.74, 6) is 0.123. The molecule has 1 saturated heterocycles. The predicted molar refractivity (Wildman–Crippen MR) is 104 cm³/mol. The van der Waals surface area contributed by atoms with Gasteiger partial charge in [-0.05, 0) is 36.8 Å². The molecule has 0 aliphatic carbocycles. The summed E-state index contributed by atoms with van der Waals surface area (Å²) in [7, 11) is -2.77. The van der Waals surface area contributed by atoms with E-state index in [9.17, 15) is 21.6 Å². The van der Waals surface area contributed by atoms with Crippen LogP contribution in [0.2, 0.25) is 0 Å². The first kappa shape index (κ1) is 22.2. The van der Waals surface area contributed by atoms with Crippen molar-refractivity contribution in [3.05, 3.63) is 42.0 Å². The van der Waals surface area contributed by atoms with Crippen molar-refractivity contribution in [2.24, 2.45) is 0 Å². The van der Waals surface area contributed by atoms with Gasteiger partial charge in [-0.25, -0.2) is 8.42 Å². The number of anilines is 2. The van der Waals surface area contributed by atoms with Crippen LogP contribution in [0.3, 0.4) is 0 Å². The number of hydrogen-bond donors (Lipinski definition) is 1. The van der Waals surface area contributed by atoms with Crippen LogP contribution in [0.5, 0.6) is 0 Å². The van der Waals surface area contributed by atoms with Gasteiger partial charge < -0.3 is 15.4 Å². The van der Waals surface area contributed by atoms with Gasteiger partial charge >= 0.3 is 6.18 Å². The first-order valence-electron chi connectivity index (χ1n) is 9.06. The Bertz CT molecular complexity index is 976. The predicted octanol–water partition coefficient (Wildman–Crippen LogP) is 1.99. The van der Waals surface area contributed by atoms with Crippen molar-refractivity contribution in [2.45, 2.75) is 23.7 Å². The van der Waals surface area contributed by atoms with Crippen LogP contribution in [-0.4, -0.2) is 62.4 Å². The third-order valence-corrected chi connectivity index (χ3v) is 7.03. The number of hydrogen-bond acceptors (Lipinski definition) is 7. The zero-order valence-corrected chi connectivity index (χ0v) is 17.2. The van der Waals surface area contributed by atoms with Crippen molar-refractivity contribution in [3.63, 3.8) is 0 Å². The number of alkyl halides is 3. The molecule has 0 saturated carbocycles. The van der Waals surface area contributed by atoms with Gasteiger partial charge in [0.15, 0.2) is 10.6 Å². The van der Waals surface area contributed by atoms with E-state index in [2.05, 4.69) is 10.2 Å². The van der Waals surface area contributed by atoms with Gasteiger partial charge in [-0.1, -0.05) is 12.1 Å². The fourth-order valence-corrected chi connectivity index (χ4v) is 4.47. The standard InChI is InChI=1S/C18H22F3N5O3S/c1-17(29-2,18(19,20)21)13-3-5-14(6-4-13)25-9-11-26(12-10-25)30(27,28)16-8-7-15(22)23-24-16/h3-8H,9-12H2,1-2H3,(H2,22,23). The lowest BCUT2D eigenvalue weighted by Crippen LogP contribution is -2.48. The number of piperazine rings is 1. The highest BCUT2D eigenvalue weighted by Gasteiger charge is 2.53. The molecule has 3 rings (SSSR count). The summed E-state index contributed by atoms with van der Waals surface area (Å²) in [5, 5.41) is 7.04. The molecule has 2 N–H and O–H groups in total. The van der Waals surface area contributed by atoms with E-state index in [4.69, 9.17) is 10.5 Å². The number of ether oxygens (including phenoxy) is 1. The van der Waals surface area contributed by atoms with Crippen molar-refractivity contribution in [1.82, 2.24) is 14.5 Å². The highest BCUT2D eigenvalue weighted by Crippen LogP contribution is 2.41. The second-order valence-corrected chi connectivity index (χ2v) is 8.85. The zero-order valence-electron chi connectivity index (χ0n) is 16.4. The molecule has 8 nitrogen and oxygen atoms in total. The smallest absolute Gasteiger partial charge is 0.382 e. The molecule has 12 heteroatoms. The molecule has 0 amide bonds. The summed E-state index contributed by atoms with van der Waals surface area (Å²) in [6.45, 7) is 2.14. The lowest BCUT2D eigenvalue weighted by Gasteiger charge is -2.35. The SMILES string of the molecule is COC(C)(c1ccc(N2CCN(S(=O)(=O)c3ccc(N)nn3)CC2)cc1)C(F)(F)F. The van der Waals surface area contributed by atoms with Crippen LogP contribution < -0.4 is 10.6 Å². The Morgan fingerprint density at radius 3 is 2.07 bits per heavy atom. The van der Waals surface area contributed by atoms with E-state index in [1.165, 1.54) is 28.6 Å². The summed E-state index contributed by atoms with van der Waals surface area (Å²) in [4.78, 5) is 1.90. The molecule has 1 atom stereocenters. The summed E-state index contributed by atoms with van der Waals surface area (Å²) in [5.41, 5.74) is 3.73. The van der Waals surface area contributed by atoms with Crippen LogP contribution in [0.1, 0.15) is 12.5 Å². The van der Waals surface area contributed by atoms with Crippen molar-refractivity contribution in [3.8, 4) is 0 Å². The first-order chi connectivity index (χ1) is 14.0. The quantitative estimate of drug-likeness (QED) is 0.751. The number of sulfonamides is 1. The molecular weight excluding hydrogens is 423 g/mol. The molecule has 1 unspecified atom stereocenters. The molecule has 1 aromatic heterocycles. The Kier molecular flexibility index (Phi) is 5.94. The van der Waals surface area contributed by atoms with Crippen LogP contribution in [0.25, 0.3) is 0 Å². The lowest BCUT2D eigenvalue weighted by atomic mass is 9.94. The van der Waals surface area contributed by atoms with Crippen LogP contribution in [-0.2, 0) is 20.4 Å². The minimum Gasteiger partial charge on any atom is -0.382 e. The molecule has 1 aromatic carbocycles. The van der Waals surface area contributed by atoms with E-state index in [1.807, 2.05) is 4.90 Å². The second kappa shape index (κ2) is 8.00. The van der Waals surface area contributed by atoms with Gasteiger partial charge in [0, 0.05) is 39.0 Å². The molecule has 2 heterocycles. The maximum Gasteiger partial charge on any atom is 0.421 e. The molecule has 0 bridgehead atoms. The fraction of sp³-hybridized carbons (Fsp3) is 0.444. The maximum absolute atomic E-state index is 13.3.